The van der Waals surface area contributed by atoms with Gasteiger partial charge in [-0.3, -0.25) is 0 Å². The summed E-state index contributed by atoms with van der Waals surface area (Å²) in [5.41, 5.74) is -1.96. The van der Waals surface area contributed by atoms with Crippen LogP contribution >= 0.6 is 0 Å². The minimum Gasteiger partial charge on any atom is -0.451 e. The lowest BCUT2D eigenvalue weighted by Gasteiger charge is -2.13. The maximum absolute atomic E-state index is 13.7. The Morgan fingerprint density at radius 2 is 1.70 bits per heavy atom. The van der Waals surface area contributed by atoms with Crippen molar-refractivity contribution in [3.05, 3.63) is 58.7 Å². The first-order chi connectivity index (χ1) is 10.8. The van der Waals surface area contributed by atoms with E-state index in [4.69, 9.17) is 15.1 Å². The van der Waals surface area contributed by atoms with Crippen LogP contribution < -0.4 is 4.74 Å². The summed E-state index contributed by atoms with van der Waals surface area (Å²) in [5, 5.41) is 17.5. The van der Waals surface area contributed by atoms with Crippen molar-refractivity contribution in [2.24, 2.45) is 0 Å². The molecule has 0 saturated carbocycles. The van der Waals surface area contributed by atoms with Gasteiger partial charge in [0.05, 0.1) is 23.8 Å². The first-order valence-electron chi connectivity index (χ1n) is 6.14. The molecule has 0 bridgehead atoms. The molecule has 0 aliphatic carbocycles. The molecule has 120 valence electrons. The lowest BCUT2D eigenvalue weighted by Crippen LogP contribution is -2.08. The fourth-order valence-electron chi connectivity index (χ4n) is 1.84. The number of halogens is 5. The molecule has 1 N–H and O–H groups in total. The Morgan fingerprint density at radius 3 is 2.17 bits per heavy atom. The van der Waals surface area contributed by atoms with Crippen molar-refractivity contribution in [3.63, 3.8) is 0 Å². The smallest absolute Gasteiger partial charge is 0.417 e. The van der Waals surface area contributed by atoms with Crippen LogP contribution in [0.15, 0.2) is 30.3 Å². The lowest BCUT2D eigenvalue weighted by atomic mass is 10.1. The van der Waals surface area contributed by atoms with Crippen LogP contribution in [0, 0.1) is 23.0 Å². The Kier molecular flexibility index (Phi) is 4.52. The van der Waals surface area contributed by atoms with Crippen LogP contribution in [0.1, 0.15) is 16.7 Å². The molecule has 0 fully saturated rings. The Hall–Kier alpha value is -2.66. The van der Waals surface area contributed by atoms with E-state index in [1.807, 2.05) is 0 Å². The molecule has 8 heteroatoms. The van der Waals surface area contributed by atoms with Crippen LogP contribution in [-0.2, 0) is 12.8 Å². The molecule has 0 saturated heterocycles. The largest absolute Gasteiger partial charge is 0.451 e. The van der Waals surface area contributed by atoms with E-state index >= 15 is 0 Å². The highest BCUT2D eigenvalue weighted by atomic mass is 19.4. The maximum Gasteiger partial charge on any atom is 0.417 e. The van der Waals surface area contributed by atoms with Gasteiger partial charge in [-0.15, -0.1) is 0 Å². The second-order valence-corrected chi connectivity index (χ2v) is 4.47. The van der Waals surface area contributed by atoms with Gasteiger partial charge in [-0.1, -0.05) is 0 Å². The highest BCUT2D eigenvalue weighted by molar-refractivity contribution is 5.46. The van der Waals surface area contributed by atoms with Gasteiger partial charge in [0, 0.05) is 0 Å². The minimum atomic E-state index is -4.82. The molecular weight excluding hydrogens is 321 g/mol. The van der Waals surface area contributed by atoms with Crippen LogP contribution in [0.5, 0.6) is 11.5 Å². The summed E-state index contributed by atoms with van der Waals surface area (Å²) in [6.07, 6.45) is -4.82. The average Bonchev–Trinajstić information content (AvgIpc) is 2.49. The average molecular weight is 329 g/mol. The van der Waals surface area contributed by atoms with Crippen molar-refractivity contribution in [1.29, 1.82) is 5.26 Å². The number of ether oxygens (including phenoxy) is 1. The standard InChI is InChI=1S/C15H8F5NO2/c16-12-3-8(7-22)4-13(17)14(12)23-10-2-1-9(6-21)11(5-10)15(18,19)20/h1-5,22H,7H2. The molecule has 2 rings (SSSR count). The molecule has 3 nitrogen and oxygen atoms in total. The molecular formula is C15H8F5NO2. The number of hydrogen-bond donors (Lipinski definition) is 1. The lowest BCUT2D eigenvalue weighted by molar-refractivity contribution is -0.137. The number of alkyl halides is 3. The van der Waals surface area contributed by atoms with E-state index in [0.29, 0.717) is 6.07 Å². The summed E-state index contributed by atoms with van der Waals surface area (Å²) in [5.74, 6) is -3.73. The molecule has 0 unspecified atom stereocenters. The van der Waals surface area contributed by atoms with E-state index in [9.17, 15) is 22.0 Å². The fraction of sp³-hybridized carbons (Fsp3) is 0.133. The Labute approximate surface area is 127 Å². The molecule has 0 aromatic heterocycles. The molecule has 0 aliphatic heterocycles. The zero-order valence-electron chi connectivity index (χ0n) is 11.3. The highest BCUT2D eigenvalue weighted by Crippen LogP contribution is 2.36. The molecule has 2 aromatic rings. The number of aliphatic hydroxyl groups excluding tert-OH is 1. The van der Waals surface area contributed by atoms with E-state index < -0.39 is 47.0 Å². The van der Waals surface area contributed by atoms with Crippen molar-refractivity contribution in [2.45, 2.75) is 12.8 Å². The van der Waals surface area contributed by atoms with Crippen molar-refractivity contribution in [1.82, 2.24) is 0 Å². The van der Waals surface area contributed by atoms with E-state index in [1.54, 1.807) is 0 Å². The van der Waals surface area contributed by atoms with Gasteiger partial charge in [0.15, 0.2) is 17.4 Å². The summed E-state index contributed by atoms with van der Waals surface area (Å²) in [4.78, 5) is 0. The first-order valence-corrected chi connectivity index (χ1v) is 6.14. The number of hydrogen-bond acceptors (Lipinski definition) is 3. The van der Waals surface area contributed by atoms with E-state index in [1.165, 1.54) is 6.07 Å². The summed E-state index contributed by atoms with van der Waals surface area (Å²) < 4.78 is 70.7. The number of aliphatic hydroxyl groups is 1. The van der Waals surface area contributed by atoms with Gasteiger partial charge in [0.2, 0.25) is 0 Å². The van der Waals surface area contributed by atoms with Crippen LogP contribution in [-0.4, -0.2) is 5.11 Å². The topological polar surface area (TPSA) is 53.2 Å². The molecule has 0 heterocycles. The molecule has 0 aliphatic rings. The van der Waals surface area contributed by atoms with E-state index in [2.05, 4.69) is 0 Å². The summed E-state index contributed by atoms with van der Waals surface area (Å²) in [6, 6.07) is 5.30. The second kappa shape index (κ2) is 6.22. The summed E-state index contributed by atoms with van der Waals surface area (Å²) >= 11 is 0. The van der Waals surface area contributed by atoms with Gasteiger partial charge >= 0.3 is 6.18 Å². The Morgan fingerprint density at radius 1 is 1.09 bits per heavy atom. The molecule has 0 atom stereocenters. The number of nitrogens with zero attached hydrogens (tertiary/aromatic N) is 1. The Bertz CT molecular complexity index is 757. The third-order valence-corrected chi connectivity index (χ3v) is 2.88. The predicted molar refractivity (Wildman–Crippen MR) is 68.5 cm³/mol. The quantitative estimate of drug-likeness (QED) is 0.861. The third kappa shape index (κ3) is 3.57. The summed E-state index contributed by atoms with van der Waals surface area (Å²) in [7, 11) is 0. The van der Waals surface area contributed by atoms with Gasteiger partial charge in [0.1, 0.15) is 5.75 Å². The molecule has 2 aromatic carbocycles. The maximum atomic E-state index is 13.7. The van der Waals surface area contributed by atoms with E-state index in [-0.39, 0.29) is 5.56 Å². The zero-order chi connectivity index (χ0) is 17.2. The molecule has 23 heavy (non-hydrogen) atoms. The minimum absolute atomic E-state index is 0.0526. The number of nitriles is 1. The van der Waals surface area contributed by atoms with Crippen molar-refractivity contribution in [3.8, 4) is 17.6 Å². The van der Waals surface area contributed by atoms with Crippen molar-refractivity contribution in [2.75, 3.05) is 0 Å². The number of benzene rings is 2. The van der Waals surface area contributed by atoms with Crippen LogP contribution in [0.25, 0.3) is 0 Å². The first kappa shape index (κ1) is 16.7. The molecule has 0 spiro atoms. The molecule has 0 amide bonds. The van der Waals surface area contributed by atoms with Gasteiger partial charge in [-0.2, -0.15) is 18.4 Å². The zero-order valence-corrected chi connectivity index (χ0v) is 11.3. The van der Waals surface area contributed by atoms with Gasteiger partial charge in [-0.25, -0.2) is 8.78 Å². The van der Waals surface area contributed by atoms with Crippen LogP contribution in [0.4, 0.5) is 22.0 Å². The third-order valence-electron chi connectivity index (χ3n) is 2.88. The molecule has 0 radical (unpaired) electrons. The van der Waals surface area contributed by atoms with Gasteiger partial charge in [-0.05, 0) is 35.9 Å². The second-order valence-electron chi connectivity index (χ2n) is 4.47. The van der Waals surface area contributed by atoms with Crippen LogP contribution in [0.2, 0.25) is 0 Å². The SMILES string of the molecule is N#Cc1ccc(Oc2c(F)cc(CO)cc2F)cc1C(F)(F)F. The highest BCUT2D eigenvalue weighted by Gasteiger charge is 2.34. The summed E-state index contributed by atoms with van der Waals surface area (Å²) in [6.45, 7) is -0.608. The van der Waals surface area contributed by atoms with E-state index in [0.717, 1.165) is 24.3 Å². The van der Waals surface area contributed by atoms with Crippen molar-refractivity contribution >= 4 is 0 Å². The fourth-order valence-corrected chi connectivity index (χ4v) is 1.84. The predicted octanol–water partition coefficient (Wildman–Crippen LogP) is 4.14. The van der Waals surface area contributed by atoms with Gasteiger partial charge < -0.3 is 9.84 Å². The monoisotopic (exact) mass is 329 g/mol. The number of rotatable bonds is 3. The van der Waals surface area contributed by atoms with Gasteiger partial charge in [0.25, 0.3) is 0 Å². The normalized spacial score (nSPS) is 11.2. The Balaban J connectivity index is 2.44. The van der Waals surface area contributed by atoms with Crippen LogP contribution in [0.3, 0.4) is 0 Å². The van der Waals surface area contributed by atoms with Crippen molar-refractivity contribution < 1.29 is 31.8 Å².